The van der Waals surface area contributed by atoms with Crippen LogP contribution in [0.1, 0.15) is 24.2 Å². The van der Waals surface area contributed by atoms with Gasteiger partial charge >= 0.3 is 6.18 Å². The zero-order valence-electron chi connectivity index (χ0n) is 9.61. The van der Waals surface area contributed by atoms with Gasteiger partial charge in [-0.2, -0.15) is 13.2 Å². The summed E-state index contributed by atoms with van der Waals surface area (Å²) in [5.74, 6) is 0. The molecular formula is C12H12F3NOS. The maximum Gasteiger partial charge on any atom is 0.438 e. The molecule has 0 saturated carbocycles. The van der Waals surface area contributed by atoms with Crippen LogP contribution < -0.4 is 0 Å². The van der Waals surface area contributed by atoms with Crippen LogP contribution in [0.25, 0.3) is 0 Å². The fraction of sp³-hybridized carbons (Fsp3) is 0.417. The van der Waals surface area contributed by atoms with E-state index >= 15 is 0 Å². The minimum Gasteiger partial charge on any atom is -0.362 e. The molecule has 18 heavy (non-hydrogen) atoms. The zero-order chi connectivity index (χ0) is 13.4. The molecule has 0 aromatic heterocycles. The van der Waals surface area contributed by atoms with Gasteiger partial charge in [0.1, 0.15) is 0 Å². The molecule has 1 aliphatic rings. The molecule has 0 spiro atoms. The quantitative estimate of drug-likeness (QED) is 0.850. The molecule has 0 unspecified atom stereocenters. The molecule has 2 rings (SSSR count). The second-order valence-corrected chi connectivity index (χ2v) is 5.56. The number of aliphatic imine (C=N–C) groups is 1. The Labute approximate surface area is 107 Å². The van der Waals surface area contributed by atoms with E-state index in [0.29, 0.717) is 0 Å². The molecule has 0 saturated heterocycles. The van der Waals surface area contributed by atoms with Crippen molar-refractivity contribution in [1.82, 2.24) is 0 Å². The Balaban J connectivity index is 2.32. The largest absolute Gasteiger partial charge is 0.438 e. The molecule has 98 valence electrons. The molecule has 6 heteroatoms. The van der Waals surface area contributed by atoms with Crippen molar-refractivity contribution < 1.29 is 18.3 Å². The molecule has 1 heterocycles. The average molecular weight is 275 g/mol. The van der Waals surface area contributed by atoms with Crippen molar-refractivity contribution in [3.8, 4) is 0 Å². The van der Waals surface area contributed by atoms with Gasteiger partial charge in [-0.25, -0.2) is 4.99 Å². The molecule has 1 aliphatic heterocycles. The lowest BCUT2D eigenvalue weighted by atomic mass is 10.0. The summed E-state index contributed by atoms with van der Waals surface area (Å²) in [6.07, 6.45) is -5.20. The van der Waals surface area contributed by atoms with Crippen LogP contribution in [0.4, 0.5) is 13.2 Å². The van der Waals surface area contributed by atoms with Gasteiger partial charge in [-0.3, -0.25) is 0 Å². The van der Waals surface area contributed by atoms with E-state index in [1.54, 1.807) is 30.3 Å². The van der Waals surface area contributed by atoms with Gasteiger partial charge in [0.25, 0.3) is 5.72 Å². The third kappa shape index (κ3) is 2.54. The van der Waals surface area contributed by atoms with E-state index in [-0.39, 0.29) is 5.04 Å². The van der Waals surface area contributed by atoms with Crippen molar-refractivity contribution in [3.63, 3.8) is 0 Å². The van der Waals surface area contributed by atoms with Gasteiger partial charge in [0.15, 0.2) is 0 Å². The van der Waals surface area contributed by atoms with E-state index in [0.717, 1.165) is 5.56 Å². The van der Waals surface area contributed by atoms with E-state index in [9.17, 15) is 18.3 Å². The van der Waals surface area contributed by atoms with Crippen molar-refractivity contribution in [2.75, 3.05) is 0 Å². The molecule has 2 atom stereocenters. The predicted molar refractivity (Wildman–Crippen MR) is 65.5 cm³/mol. The minimum absolute atomic E-state index is 0.245. The second-order valence-electron chi connectivity index (χ2n) is 4.17. The fourth-order valence-electron chi connectivity index (χ4n) is 1.87. The van der Waals surface area contributed by atoms with Gasteiger partial charge < -0.3 is 5.11 Å². The third-order valence-electron chi connectivity index (χ3n) is 2.75. The standard InChI is InChI=1S/C12H12F3NOS/c1-8-16-11(17,12(13,14)15)7-10(18-8)9-5-3-2-4-6-9/h2-6,10,17H,7H2,1H3/t10-,11+/m1/s1. The van der Waals surface area contributed by atoms with Crippen LogP contribution in [0.15, 0.2) is 35.3 Å². The maximum atomic E-state index is 12.8. The number of hydrogen-bond acceptors (Lipinski definition) is 3. The number of aliphatic hydroxyl groups is 1. The summed E-state index contributed by atoms with van der Waals surface area (Å²) >= 11 is 1.25. The zero-order valence-corrected chi connectivity index (χ0v) is 10.4. The van der Waals surface area contributed by atoms with Crippen LogP contribution in [-0.2, 0) is 0 Å². The highest BCUT2D eigenvalue weighted by atomic mass is 32.2. The highest BCUT2D eigenvalue weighted by molar-refractivity contribution is 8.14. The van der Waals surface area contributed by atoms with Crippen LogP contribution in [-0.4, -0.2) is 22.1 Å². The number of nitrogens with zero attached hydrogens (tertiary/aromatic N) is 1. The first kappa shape index (κ1) is 13.4. The molecule has 1 aromatic rings. The van der Waals surface area contributed by atoms with Crippen LogP contribution >= 0.6 is 11.8 Å². The SMILES string of the molecule is CC1=N[C@@](O)(C(F)(F)F)C[C@H](c2ccccc2)S1. The lowest BCUT2D eigenvalue weighted by Crippen LogP contribution is -2.46. The van der Waals surface area contributed by atoms with Gasteiger partial charge in [0.05, 0.1) is 5.04 Å². The number of rotatable bonds is 1. The fourth-order valence-corrected chi connectivity index (χ4v) is 3.10. The smallest absolute Gasteiger partial charge is 0.362 e. The molecular weight excluding hydrogens is 263 g/mol. The summed E-state index contributed by atoms with van der Waals surface area (Å²) in [5.41, 5.74) is -2.21. The average Bonchev–Trinajstić information content (AvgIpc) is 2.27. The molecule has 1 aromatic carbocycles. The summed E-state index contributed by atoms with van der Waals surface area (Å²) < 4.78 is 38.5. The predicted octanol–water partition coefficient (Wildman–Crippen LogP) is 3.53. The number of halogens is 3. The molecule has 2 nitrogen and oxygen atoms in total. The molecule has 0 radical (unpaired) electrons. The summed E-state index contributed by atoms with van der Waals surface area (Å²) in [6.45, 7) is 1.48. The Morgan fingerprint density at radius 1 is 1.33 bits per heavy atom. The first-order valence-corrected chi connectivity index (χ1v) is 6.27. The Kier molecular flexibility index (Phi) is 3.42. The lowest BCUT2D eigenvalue weighted by molar-refractivity contribution is -0.259. The van der Waals surface area contributed by atoms with Gasteiger partial charge in [-0.15, -0.1) is 11.8 Å². The van der Waals surface area contributed by atoms with E-state index in [2.05, 4.69) is 4.99 Å². The first-order valence-electron chi connectivity index (χ1n) is 5.39. The molecule has 0 amide bonds. The monoisotopic (exact) mass is 275 g/mol. The number of alkyl halides is 3. The van der Waals surface area contributed by atoms with E-state index in [1.807, 2.05) is 0 Å². The lowest BCUT2D eigenvalue weighted by Gasteiger charge is -2.34. The van der Waals surface area contributed by atoms with Crippen LogP contribution in [0.5, 0.6) is 0 Å². The molecule has 0 fully saturated rings. The summed E-state index contributed by atoms with van der Waals surface area (Å²) in [5, 5.41) is 9.49. The van der Waals surface area contributed by atoms with Crippen LogP contribution in [0, 0.1) is 0 Å². The number of thioether (sulfide) groups is 1. The van der Waals surface area contributed by atoms with Crippen molar-refractivity contribution in [3.05, 3.63) is 35.9 Å². The summed E-state index contributed by atoms with van der Waals surface area (Å²) in [4.78, 5) is 3.37. The Morgan fingerprint density at radius 3 is 2.50 bits per heavy atom. The Bertz CT molecular complexity index is 460. The van der Waals surface area contributed by atoms with Crippen LogP contribution in [0.2, 0.25) is 0 Å². The van der Waals surface area contributed by atoms with Crippen molar-refractivity contribution >= 4 is 16.8 Å². The first-order chi connectivity index (χ1) is 8.32. The summed E-state index contributed by atoms with van der Waals surface area (Å²) in [6, 6.07) is 8.85. The number of hydrogen-bond donors (Lipinski definition) is 1. The number of benzene rings is 1. The van der Waals surface area contributed by atoms with E-state index < -0.39 is 23.6 Å². The molecule has 0 aliphatic carbocycles. The topological polar surface area (TPSA) is 32.6 Å². The highest BCUT2D eigenvalue weighted by Crippen LogP contribution is 2.47. The maximum absolute atomic E-state index is 12.8. The normalized spacial score (nSPS) is 28.9. The van der Waals surface area contributed by atoms with Crippen molar-refractivity contribution in [1.29, 1.82) is 0 Å². The van der Waals surface area contributed by atoms with E-state index in [1.165, 1.54) is 18.7 Å². The van der Waals surface area contributed by atoms with Crippen molar-refractivity contribution in [2.24, 2.45) is 4.99 Å². The van der Waals surface area contributed by atoms with Gasteiger partial charge in [0, 0.05) is 11.7 Å². The Hall–Kier alpha value is -1.01. The highest BCUT2D eigenvalue weighted by Gasteiger charge is 2.56. The van der Waals surface area contributed by atoms with Gasteiger partial charge in [-0.1, -0.05) is 30.3 Å². The van der Waals surface area contributed by atoms with Crippen LogP contribution in [0.3, 0.4) is 0 Å². The molecule has 0 bridgehead atoms. The van der Waals surface area contributed by atoms with Gasteiger partial charge in [0.2, 0.25) is 0 Å². The van der Waals surface area contributed by atoms with Crippen molar-refractivity contribution in [2.45, 2.75) is 30.5 Å². The van der Waals surface area contributed by atoms with Gasteiger partial charge in [-0.05, 0) is 12.5 Å². The second kappa shape index (κ2) is 4.59. The molecule has 1 N–H and O–H groups in total. The third-order valence-corrected chi connectivity index (χ3v) is 3.91. The summed E-state index contributed by atoms with van der Waals surface area (Å²) in [7, 11) is 0. The minimum atomic E-state index is -4.75. The Morgan fingerprint density at radius 2 is 1.94 bits per heavy atom. The van der Waals surface area contributed by atoms with E-state index in [4.69, 9.17) is 0 Å².